The van der Waals surface area contributed by atoms with Gasteiger partial charge in [0.15, 0.2) is 5.78 Å². The van der Waals surface area contributed by atoms with Gasteiger partial charge in [0, 0.05) is 6.42 Å². The van der Waals surface area contributed by atoms with Gasteiger partial charge in [-0.05, 0) is 57.2 Å². The average Bonchev–Trinajstić information content (AvgIpc) is 2.51. The van der Waals surface area contributed by atoms with Gasteiger partial charge in [0.1, 0.15) is 11.4 Å². The molecule has 4 heteroatoms. The molecule has 1 aliphatic rings. The Kier molecular flexibility index (Phi) is 7.27. The lowest BCUT2D eigenvalue weighted by molar-refractivity contribution is -0.123. The summed E-state index contributed by atoms with van der Waals surface area (Å²) in [4.78, 5) is 17.2. The Balaban J connectivity index is 2.74. The Morgan fingerprint density at radius 1 is 1.41 bits per heavy atom. The van der Waals surface area contributed by atoms with Crippen molar-refractivity contribution < 1.29 is 4.79 Å². The summed E-state index contributed by atoms with van der Waals surface area (Å²) >= 11 is 0. The maximum atomic E-state index is 12.7. The number of hydrogen-bond acceptors (Lipinski definition) is 4. The van der Waals surface area contributed by atoms with Gasteiger partial charge in [-0.15, -0.1) is 0 Å². The topological polar surface area (TPSA) is 67.5 Å². The maximum absolute atomic E-state index is 12.7. The van der Waals surface area contributed by atoms with E-state index in [-0.39, 0.29) is 5.78 Å². The van der Waals surface area contributed by atoms with Crippen LogP contribution in [-0.2, 0) is 4.79 Å². The third-order valence-electron chi connectivity index (χ3n) is 4.35. The number of carbonyl (C=O) groups excluding carboxylic acids is 1. The van der Waals surface area contributed by atoms with Crippen molar-refractivity contribution >= 4 is 11.6 Å². The first-order valence-electron chi connectivity index (χ1n) is 8.58. The number of rotatable bonds is 8. The van der Waals surface area contributed by atoms with E-state index in [9.17, 15) is 4.79 Å². The van der Waals surface area contributed by atoms with Crippen LogP contribution in [0.15, 0.2) is 16.6 Å². The van der Waals surface area contributed by atoms with Crippen LogP contribution >= 0.6 is 0 Å². The number of amidine groups is 1. The van der Waals surface area contributed by atoms with Crippen LogP contribution in [0.3, 0.4) is 0 Å². The Morgan fingerprint density at radius 3 is 2.68 bits per heavy atom. The van der Waals surface area contributed by atoms with Gasteiger partial charge in [-0.2, -0.15) is 0 Å². The van der Waals surface area contributed by atoms with Gasteiger partial charge in [-0.3, -0.25) is 9.79 Å². The van der Waals surface area contributed by atoms with E-state index in [2.05, 4.69) is 38.0 Å². The first-order chi connectivity index (χ1) is 10.3. The molecule has 0 fully saturated rings. The number of nitrogens with one attached hydrogen (secondary N) is 1. The zero-order chi connectivity index (χ0) is 16.8. The first-order valence-corrected chi connectivity index (χ1v) is 8.58. The second kappa shape index (κ2) is 8.47. The largest absolute Gasteiger partial charge is 0.384 e. The van der Waals surface area contributed by atoms with Gasteiger partial charge in [0.2, 0.25) is 0 Å². The molecule has 3 N–H and O–H groups in total. The van der Waals surface area contributed by atoms with Crippen molar-refractivity contribution in [3.63, 3.8) is 0 Å². The van der Waals surface area contributed by atoms with Crippen LogP contribution in [0.5, 0.6) is 0 Å². The fourth-order valence-corrected chi connectivity index (χ4v) is 3.16. The molecular formula is C18H33N3O. The van der Waals surface area contributed by atoms with Crippen molar-refractivity contribution in [2.75, 3.05) is 13.1 Å². The van der Waals surface area contributed by atoms with Crippen LogP contribution in [0.1, 0.15) is 60.3 Å². The van der Waals surface area contributed by atoms with E-state index < -0.39 is 5.54 Å². The summed E-state index contributed by atoms with van der Waals surface area (Å²) in [5.74, 6) is 1.50. The SMILES string of the molecule is CCNCCCC(C)C1=CC(N)=NC(C)(CC(C)C)C(=O)C1. The van der Waals surface area contributed by atoms with Crippen LogP contribution < -0.4 is 11.1 Å². The van der Waals surface area contributed by atoms with Gasteiger partial charge in [0.05, 0.1) is 0 Å². The minimum atomic E-state index is -0.667. The number of hydrogen-bond donors (Lipinski definition) is 2. The molecule has 0 aliphatic carbocycles. The lowest BCUT2D eigenvalue weighted by Crippen LogP contribution is -2.36. The summed E-state index contributed by atoms with van der Waals surface area (Å²) < 4.78 is 0. The molecule has 22 heavy (non-hydrogen) atoms. The highest BCUT2D eigenvalue weighted by Gasteiger charge is 2.35. The highest BCUT2D eigenvalue weighted by Crippen LogP contribution is 2.30. The third kappa shape index (κ3) is 5.56. The minimum Gasteiger partial charge on any atom is -0.384 e. The van der Waals surface area contributed by atoms with Gasteiger partial charge in [0.25, 0.3) is 0 Å². The molecule has 1 aliphatic heterocycles. The van der Waals surface area contributed by atoms with E-state index >= 15 is 0 Å². The standard InChI is InChI=1S/C18H33N3O/c1-6-20-9-7-8-14(4)15-10-16(22)18(5,12-13(2)3)21-17(19)11-15/h11,13-14,20H,6-10,12H2,1-5H3,(H2,19,21). The molecule has 0 radical (unpaired) electrons. The normalized spacial score (nSPS) is 24.0. The van der Waals surface area contributed by atoms with Crippen molar-refractivity contribution in [1.82, 2.24) is 5.32 Å². The zero-order valence-electron chi connectivity index (χ0n) is 14.9. The summed E-state index contributed by atoms with van der Waals surface area (Å²) in [5.41, 5.74) is 6.53. The second-order valence-corrected chi connectivity index (χ2v) is 7.12. The fourth-order valence-electron chi connectivity index (χ4n) is 3.16. The fraction of sp³-hybridized carbons (Fsp3) is 0.778. The molecule has 0 aromatic heterocycles. The lowest BCUT2D eigenvalue weighted by Gasteiger charge is -2.25. The predicted octanol–water partition coefficient (Wildman–Crippen LogP) is 3.07. The monoisotopic (exact) mass is 307 g/mol. The Bertz CT molecular complexity index is 440. The number of allylic oxidation sites excluding steroid dienone is 1. The van der Waals surface area contributed by atoms with Gasteiger partial charge >= 0.3 is 0 Å². The third-order valence-corrected chi connectivity index (χ3v) is 4.35. The number of Topliss-reactive ketones (excluding diaryl/α,β-unsaturated/α-hetero) is 1. The molecule has 4 nitrogen and oxygen atoms in total. The molecule has 0 spiro atoms. The van der Waals surface area contributed by atoms with Crippen molar-refractivity contribution in [3.8, 4) is 0 Å². The van der Waals surface area contributed by atoms with Gasteiger partial charge in [-0.1, -0.05) is 33.3 Å². The van der Waals surface area contributed by atoms with E-state index in [0.717, 1.165) is 37.9 Å². The smallest absolute Gasteiger partial charge is 0.164 e. The highest BCUT2D eigenvalue weighted by molar-refractivity contribution is 6.00. The number of carbonyl (C=O) groups is 1. The summed E-state index contributed by atoms with van der Waals surface area (Å²) in [5, 5.41) is 3.34. The molecule has 2 atom stereocenters. The molecule has 0 bridgehead atoms. The Labute approximate surface area is 135 Å². The first kappa shape index (κ1) is 18.9. The van der Waals surface area contributed by atoms with Crippen molar-refractivity contribution in [2.45, 2.75) is 65.8 Å². The van der Waals surface area contributed by atoms with Crippen LogP contribution in [0.4, 0.5) is 0 Å². The molecule has 0 saturated carbocycles. The summed E-state index contributed by atoms with van der Waals surface area (Å²) in [6.07, 6.45) is 5.35. The molecule has 0 saturated heterocycles. The predicted molar refractivity (Wildman–Crippen MR) is 94.1 cm³/mol. The van der Waals surface area contributed by atoms with E-state index in [1.165, 1.54) is 0 Å². The lowest BCUT2D eigenvalue weighted by atomic mass is 9.83. The number of ketones is 1. The van der Waals surface area contributed by atoms with Crippen molar-refractivity contribution in [3.05, 3.63) is 11.6 Å². The van der Waals surface area contributed by atoms with Crippen LogP contribution in [0, 0.1) is 11.8 Å². The molecule has 1 heterocycles. The summed E-state index contributed by atoms with van der Waals surface area (Å²) in [6, 6.07) is 0. The van der Waals surface area contributed by atoms with Crippen LogP contribution in [0.25, 0.3) is 0 Å². The zero-order valence-corrected chi connectivity index (χ0v) is 14.9. The van der Waals surface area contributed by atoms with E-state index in [1.54, 1.807) is 0 Å². The van der Waals surface area contributed by atoms with E-state index in [4.69, 9.17) is 5.73 Å². The summed E-state index contributed by atoms with van der Waals surface area (Å²) in [7, 11) is 0. The molecular weight excluding hydrogens is 274 g/mol. The number of nitrogens with two attached hydrogens (primary N) is 1. The highest BCUT2D eigenvalue weighted by atomic mass is 16.1. The quantitative estimate of drug-likeness (QED) is 0.677. The molecule has 0 aromatic carbocycles. The van der Waals surface area contributed by atoms with Crippen LogP contribution in [0.2, 0.25) is 0 Å². The number of aliphatic imine (C=N–C) groups is 1. The summed E-state index contributed by atoms with van der Waals surface area (Å²) in [6.45, 7) is 12.5. The van der Waals surface area contributed by atoms with Crippen LogP contribution in [-0.4, -0.2) is 30.2 Å². The Morgan fingerprint density at radius 2 is 2.09 bits per heavy atom. The minimum absolute atomic E-state index is 0.200. The number of nitrogens with zero attached hydrogens (tertiary/aromatic N) is 1. The molecule has 1 rings (SSSR count). The second-order valence-electron chi connectivity index (χ2n) is 7.12. The van der Waals surface area contributed by atoms with Gasteiger partial charge < -0.3 is 11.1 Å². The molecule has 2 unspecified atom stereocenters. The molecule has 0 aromatic rings. The van der Waals surface area contributed by atoms with Crippen molar-refractivity contribution in [1.29, 1.82) is 0 Å². The van der Waals surface area contributed by atoms with E-state index in [0.29, 0.717) is 24.1 Å². The van der Waals surface area contributed by atoms with Gasteiger partial charge in [-0.25, -0.2) is 0 Å². The van der Waals surface area contributed by atoms with E-state index in [1.807, 2.05) is 13.0 Å². The molecule has 126 valence electrons. The Hall–Kier alpha value is -1.16. The maximum Gasteiger partial charge on any atom is 0.164 e. The van der Waals surface area contributed by atoms with Crippen molar-refractivity contribution in [2.24, 2.45) is 22.6 Å². The average molecular weight is 307 g/mol. The molecule has 0 amide bonds.